The largest absolute Gasteiger partial charge is 0.460 e. The van der Waals surface area contributed by atoms with E-state index in [0.717, 1.165) is 29.7 Å². The smallest absolute Gasteiger partial charge is 0.417 e. The average molecular weight is 404 g/mol. The van der Waals surface area contributed by atoms with Gasteiger partial charge >= 0.3 is 12.1 Å². The van der Waals surface area contributed by atoms with E-state index in [1.807, 2.05) is 30.3 Å². The van der Waals surface area contributed by atoms with Crippen molar-refractivity contribution in [1.29, 1.82) is 0 Å². The Balaban J connectivity index is 2.21. The molecule has 6 heteroatoms. The van der Waals surface area contributed by atoms with Crippen molar-refractivity contribution in [2.45, 2.75) is 85.0 Å². The molecule has 1 aromatic rings. The molecule has 6 nitrogen and oxygen atoms in total. The Morgan fingerprint density at radius 2 is 1.83 bits per heavy atom. The van der Waals surface area contributed by atoms with E-state index in [1.165, 1.54) is 0 Å². The van der Waals surface area contributed by atoms with Crippen molar-refractivity contribution in [3.63, 3.8) is 0 Å². The van der Waals surface area contributed by atoms with Gasteiger partial charge in [-0.05, 0) is 39.7 Å². The predicted octanol–water partition coefficient (Wildman–Crippen LogP) is 4.85. The number of amides is 2. The zero-order chi connectivity index (χ0) is 21.7. The van der Waals surface area contributed by atoms with Crippen molar-refractivity contribution >= 4 is 18.0 Å². The van der Waals surface area contributed by atoms with Crippen molar-refractivity contribution in [2.75, 3.05) is 0 Å². The topological polar surface area (TPSA) is 72.9 Å². The van der Waals surface area contributed by atoms with Gasteiger partial charge in [-0.15, -0.1) is 0 Å². The highest BCUT2D eigenvalue weighted by Crippen LogP contribution is 2.42. The number of unbranched alkanes of at least 4 members (excludes halogenated alkanes) is 2. The van der Waals surface area contributed by atoms with Crippen LogP contribution in [0.5, 0.6) is 0 Å². The van der Waals surface area contributed by atoms with Gasteiger partial charge in [0.25, 0.3) is 0 Å². The predicted molar refractivity (Wildman–Crippen MR) is 110 cm³/mol. The first-order chi connectivity index (χ1) is 13.6. The number of ether oxygens (including phenoxy) is 2. The summed E-state index contributed by atoms with van der Waals surface area (Å²) in [5.74, 6) is -0.845. The number of carbonyl (C=O) groups is 3. The molecule has 0 radical (unpaired) electrons. The van der Waals surface area contributed by atoms with Crippen LogP contribution < -0.4 is 0 Å². The maximum absolute atomic E-state index is 13.0. The summed E-state index contributed by atoms with van der Waals surface area (Å²) in [5.41, 5.74) is -0.936. The van der Waals surface area contributed by atoms with E-state index < -0.39 is 29.1 Å². The molecule has 0 bridgehead atoms. The summed E-state index contributed by atoms with van der Waals surface area (Å²) >= 11 is 0. The second-order valence-corrected chi connectivity index (χ2v) is 8.91. The first-order valence-electron chi connectivity index (χ1n) is 10.3. The van der Waals surface area contributed by atoms with E-state index in [0.29, 0.717) is 6.42 Å². The summed E-state index contributed by atoms with van der Waals surface area (Å²) in [6, 6.07) is 8.83. The molecule has 1 fully saturated rings. The molecular formula is C23H33NO5. The lowest BCUT2D eigenvalue weighted by atomic mass is 9.80. The number of esters is 1. The van der Waals surface area contributed by atoms with Gasteiger partial charge in [0.1, 0.15) is 12.2 Å². The van der Waals surface area contributed by atoms with Crippen molar-refractivity contribution in [3.8, 4) is 0 Å². The number of rotatable bonds is 7. The van der Waals surface area contributed by atoms with Crippen LogP contribution in [0, 0.1) is 5.41 Å². The van der Waals surface area contributed by atoms with Crippen molar-refractivity contribution < 1.29 is 23.9 Å². The number of imide groups is 1. The van der Waals surface area contributed by atoms with Crippen LogP contribution in [0.25, 0.3) is 0 Å². The quantitative estimate of drug-likeness (QED) is 0.480. The first kappa shape index (κ1) is 22.9. The Morgan fingerprint density at radius 1 is 1.17 bits per heavy atom. The van der Waals surface area contributed by atoms with Gasteiger partial charge in [-0.3, -0.25) is 9.59 Å². The molecule has 0 N–H and O–H groups in total. The fourth-order valence-corrected chi connectivity index (χ4v) is 3.65. The summed E-state index contributed by atoms with van der Waals surface area (Å²) in [4.78, 5) is 39.7. The summed E-state index contributed by atoms with van der Waals surface area (Å²) in [6.07, 6.45) is 2.58. The van der Waals surface area contributed by atoms with E-state index in [2.05, 4.69) is 6.92 Å². The first-order valence-corrected chi connectivity index (χ1v) is 10.3. The molecular weight excluding hydrogens is 370 g/mol. The maximum Gasteiger partial charge on any atom is 0.417 e. The molecule has 0 aliphatic carbocycles. The molecule has 1 aliphatic rings. The van der Waals surface area contributed by atoms with Gasteiger partial charge in [0.2, 0.25) is 5.91 Å². The molecule has 0 aromatic heterocycles. The van der Waals surface area contributed by atoms with Gasteiger partial charge in [0.15, 0.2) is 0 Å². The third-order valence-corrected chi connectivity index (χ3v) is 5.18. The number of benzene rings is 1. The zero-order valence-corrected chi connectivity index (χ0v) is 18.2. The second-order valence-electron chi connectivity index (χ2n) is 8.91. The average Bonchev–Trinajstić information content (AvgIpc) is 2.90. The number of carbonyl (C=O) groups excluding carboxylic acids is 3. The molecule has 2 amide bonds. The number of nitrogens with zero attached hydrogens (tertiary/aromatic N) is 1. The lowest BCUT2D eigenvalue weighted by Gasteiger charge is -2.33. The standard InChI is InChI=1S/C23H33NO5/c1-6-7-9-14-18-23(5,20(26)28-16-17-12-10-8-11-13-17)15-19(25)24(18)21(27)29-22(2,3)4/h8,10-13,18H,6-7,9,14-16H2,1-5H3/t18-,23+/m1/s1. The number of hydrogen-bond donors (Lipinski definition) is 0. The minimum absolute atomic E-state index is 0.0589. The van der Waals surface area contributed by atoms with Gasteiger partial charge in [0.05, 0.1) is 11.5 Å². The fraction of sp³-hybridized carbons (Fsp3) is 0.609. The van der Waals surface area contributed by atoms with Gasteiger partial charge in [0, 0.05) is 6.42 Å². The molecule has 29 heavy (non-hydrogen) atoms. The molecule has 1 aliphatic heterocycles. The normalized spacial score (nSPS) is 21.9. The van der Waals surface area contributed by atoms with E-state index in [1.54, 1.807) is 27.7 Å². The molecule has 1 saturated heterocycles. The Hall–Kier alpha value is -2.37. The van der Waals surface area contributed by atoms with Crippen LogP contribution in [0.3, 0.4) is 0 Å². The van der Waals surface area contributed by atoms with Crippen molar-refractivity contribution in [2.24, 2.45) is 5.41 Å². The van der Waals surface area contributed by atoms with Crippen LogP contribution in [0.2, 0.25) is 0 Å². The molecule has 0 unspecified atom stereocenters. The van der Waals surface area contributed by atoms with Crippen LogP contribution in [0.1, 0.15) is 72.3 Å². The molecule has 2 rings (SSSR count). The van der Waals surface area contributed by atoms with E-state index in [-0.39, 0.29) is 18.9 Å². The van der Waals surface area contributed by atoms with Gasteiger partial charge in [-0.1, -0.05) is 56.5 Å². The Bertz CT molecular complexity index is 725. The number of hydrogen-bond acceptors (Lipinski definition) is 5. The van der Waals surface area contributed by atoms with E-state index >= 15 is 0 Å². The summed E-state index contributed by atoms with van der Waals surface area (Å²) in [6.45, 7) is 9.20. The van der Waals surface area contributed by atoms with Crippen LogP contribution in [-0.2, 0) is 25.7 Å². The van der Waals surface area contributed by atoms with Crippen LogP contribution in [0.15, 0.2) is 30.3 Å². The third kappa shape index (κ3) is 5.81. The van der Waals surface area contributed by atoms with Crippen LogP contribution in [0.4, 0.5) is 4.79 Å². The maximum atomic E-state index is 13.0. The third-order valence-electron chi connectivity index (χ3n) is 5.18. The monoisotopic (exact) mass is 403 g/mol. The molecule has 2 atom stereocenters. The SMILES string of the molecule is CCCCC[C@H]1N(C(=O)OC(C)(C)C)C(=O)C[C@]1(C)C(=O)OCc1ccccc1. The van der Waals surface area contributed by atoms with Gasteiger partial charge < -0.3 is 9.47 Å². The summed E-state index contributed by atoms with van der Waals surface area (Å²) in [5, 5.41) is 0. The Morgan fingerprint density at radius 3 is 2.41 bits per heavy atom. The molecule has 1 heterocycles. The Kier molecular flexibility index (Phi) is 7.44. The lowest BCUT2D eigenvalue weighted by molar-refractivity contribution is -0.158. The Labute approximate surface area is 173 Å². The summed E-state index contributed by atoms with van der Waals surface area (Å²) < 4.78 is 11.0. The second kappa shape index (κ2) is 9.42. The van der Waals surface area contributed by atoms with E-state index in [4.69, 9.17) is 9.47 Å². The molecule has 1 aromatic carbocycles. The van der Waals surface area contributed by atoms with Crippen LogP contribution >= 0.6 is 0 Å². The molecule has 0 spiro atoms. The highest BCUT2D eigenvalue weighted by atomic mass is 16.6. The summed E-state index contributed by atoms with van der Waals surface area (Å²) in [7, 11) is 0. The molecule has 0 saturated carbocycles. The van der Waals surface area contributed by atoms with Crippen molar-refractivity contribution in [3.05, 3.63) is 35.9 Å². The van der Waals surface area contributed by atoms with Gasteiger partial charge in [-0.2, -0.15) is 0 Å². The minimum Gasteiger partial charge on any atom is -0.460 e. The van der Waals surface area contributed by atoms with Crippen LogP contribution in [-0.4, -0.2) is 34.5 Å². The molecule has 160 valence electrons. The highest BCUT2D eigenvalue weighted by molar-refractivity contribution is 5.99. The lowest BCUT2D eigenvalue weighted by Crippen LogP contribution is -2.48. The number of likely N-dealkylation sites (tertiary alicyclic amines) is 1. The minimum atomic E-state index is -1.09. The highest BCUT2D eigenvalue weighted by Gasteiger charge is 2.56. The van der Waals surface area contributed by atoms with E-state index in [9.17, 15) is 14.4 Å². The van der Waals surface area contributed by atoms with Crippen molar-refractivity contribution in [1.82, 2.24) is 4.90 Å². The van der Waals surface area contributed by atoms with Gasteiger partial charge in [-0.25, -0.2) is 9.69 Å². The zero-order valence-electron chi connectivity index (χ0n) is 18.2. The fourth-order valence-electron chi connectivity index (χ4n) is 3.65.